The summed E-state index contributed by atoms with van der Waals surface area (Å²) in [6.45, 7) is 6.42. The van der Waals surface area contributed by atoms with Gasteiger partial charge < -0.3 is 5.32 Å². The molecule has 2 aromatic rings. The number of hydrogen-bond acceptors (Lipinski definition) is 3. The van der Waals surface area contributed by atoms with Crippen molar-refractivity contribution in [2.24, 2.45) is 5.41 Å². The smallest absolute Gasteiger partial charge is 0.162 e. The Bertz CT molecular complexity index is 950. The Balaban J connectivity index is 1.85. The number of aromatic amines is 1. The average molecular weight is 333 g/mol. The number of Topliss-reactive ketones (excluding diaryl/α,β-unsaturated/α-hetero) is 1. The third kappa shape index (κ3) is 1.82. The van der Waals surface area contributed by atoms with Crippen molar-refractivity contribution in [3.05, 3.63) is 57.9 Å². The lowest BCUT2D eigenvalue weighted by atomic mass is 9.61. The molecule has 1 aromatic heterocycles. The number of nitrogens with zero attached hydrogens (tertiary/aromatic N) is 1. The minimum Gasteiger partial charge on any atom is -0.342 e. The van der Waals surface area contributed by atoms with Crippen LogP contribution < -0.4 is 5.32 Å². The van der Waals surface area contributed by atoms with Crippen molar-refractivity contribution < 1.29 is 4.79 Å². The second-order valence-corrected chi connectivity index (χ2v) is 8.55. The van der Waals surface area contributed by atoms with Crippen LogP contribution in [0.4, 0.5) is 5.82 Å². The van der Waals surface area contributed by atoms with E-state index in [4.69, 9.17) is 0 Å². The molecular weight excluding hydrogens is 310 g/mol. The first-order chi connectivity index (χ1) is 11.9. The second kappa shape index (κ2) is 4.63. The van der Waals surface area contributed by atoms with Crippen LogP contribution in [-0.4, -0.2) is 16.0 Å². The van der Waals surface area contributed by atoms with Gasteiger partial charge >= 0.3 is 0 Å². The van der Waals surface area contributed by atoms with E-state index in [1.54, 1.807) is 0 Å². The molecule has 1 spiro atoms. The fraction of sp³-hybridized carbons (Fsp3) is 0.429. The molecule has 0 bridgehead atoms. The van der Waals surface area contributed by atoms with Crippen LogP contribution in [0.5, 0.6) is 0 Å². The number of anilines is 1. The van der Waals surface area contributed by atoms with Gasteiger partial charge in [-0.3, -0.25) is 9.89 Å². The molecule has 4 heteroatoms. The molecule has 1 aliphatic heterocycles. The van der Waals surface area contributed by atoms with E-state index in [0.29, 0.717) is 12.2 Å². The number of aryl methyl sites for hydroxylation is 2. The van der Waals surface area contributed by atoms with Crippen LogP contribution >= 0.6 is 0 Å². The fourth-order valence-electron chi connectivity index (χ4n) is 5.36. The summed E-state index contributed by atoms with van der Waals surface area (Å²) in [7, 11) is 0. The largest absolute Gasteiger partial charge is 0.342 e. The zero-order valence-corrected chi connectivity index (χ0v) is 15.0. The van der Waals surface area contributed by atoms with E-state index in [-0.39, 0.29) is 10.8 Å². The highest BCUT2D eigenvalue weighted by atomic mass is 16.1. The minimum atomic E-state index is -0.336. The lowest BCUT2D eigenvalue weighted by Gasteiger charge is -2.44. The quantitative estimate of drug-likeness (QED) is 0.765. The van der Waals surface area contributed by atoms with Gasteiger partial charge in [-0.2, -0.15) is 5.10 Å². The topological polar surface area (TPSA) is 57.8 Å². The van der Waals surface area contributed by atoms with E-state index < -0.39 is 0 Å². The molecule has 0 radical (unpaired) electrons. The standard InChI is InChI=1S/C21H23N3O/c1-12-17-19(24-23-12)22-15-10-20(2,3)11-16(25)18(15)21(17)9-8-13-6-4-5-7-14(13)21/h4-7H,8-11H2,1-3H3,(H2,22,23,24). The first-order valence-corrected chi connectivity index (χ1v) is 9.10. The molecule has 2 N–H and O–H groups in total. The molecule has 0 saturated heterocycles. The molecule has 4 nitrogen and oxygen atoms in total. The highest BCUT2D eigenvalue weighted by molar-refractivity contribution is 6.03. The number of carbonyl (C=O) groups excluding carboxylic acids is 1. The van der Waals surface area contributed by atoms with Crippen molar-refractivity contribution in [3.63, 3.8) is 0 Å². The van der Waals surface area contributed by atoms with Crippen LogP contribution in [0.3, 0.4) is 0 Å². The van der Waals surface area contributed by atoms with E-state index in [9.17, 15) is 4.79 Å². The SMILES string of the molecule is Cc1[nH]nc2c1C1(CCc3ccccc31)C1=C(CC(C)(C)CC1=O)N2. The number of ketones is 1. The molecule has 1 aromatic carbocycles. The molecule has 25 heavy (non-hydrogen) atoms. The lowest BCUT2D eigenvalue weighted by molar-refractivity contribution is -0.118. The molecule has 2 heterocycles. The Hall–Kier alpha value is -2.36. The third-order valence-electron chi connectivity index (χ3n) is 6.19. The summed E-state index contributed by atoms with van der Waals surface area (Å²) >= 11 is 0. The highest BCUT2D eigenvalue weighted by Crippen LogP contribution is 2.57. The second-order valence-electron chi connectivity index (χ2n) is 8.55. The number of fused-ring (bicyclic) bond motifs is 5. The first kappa shape index (κ1) is 14.9. The Morgan fingerprint density at radius 2 is 1.96 bits per heavy atom. The summed E-state index contributed by atoms with van der Waals surface area (Å²) in [5, 5.41) is 11.2. The van der Waals surface area contributed by atoms with Crippen LogP contribution in [0, 0.1) is 12.3 Å². The van der Waals surface area contributed by atoms with Gasteiger partial charge in [0.2, 0.25) is 0 Å². The van der Waals surface area contributed by atoms with Crippen molar-refractivity contribution in [2.75, 3.05) is 5.32 Å². The van der Waals surface area contributed by atoms with Gasteiger partial charge in [-0.1, -0.05) is 38.1 Å². The Kier molecular flexibility index (Phi) is 2.76. The number of benzene rings is 1. The van der Waals surface area contributed by atoms with Crippen LogP contribution in [-0.2, 0) is 16.6 Å². The number of aromatic nitrogens is 2. The number of hydrogen-bond donors (Lipinski definition) is 2. The summed E-state index contributed by atoms with van der Waals surface area (Å²) in [6, 6.07) is 8.61. The fourth-order valence-corrected chi connectivity index (χ4v) is 5.36. The highest BCUT2D eigenvalue weighted by Gasteiger charge is 2.54. The molecule has 1 unspecified atom stereocenters. The maximum atomic E-state index is 13.3. The lowest BCUT2D eigenvalue weighted by Crippen LogP contribution is -2.42. The normalized spacial score (nSPS) is 26.3. The van der Waals surface area contributed by atoms with Crippen LogP contribution in [0.25, 0.3) is 0 Å². The Morgan fingerprint density at radius 3 is 2.80 bits per heavy atom. The van der Waals surface area contributed by atoms with Gasteiger partial charge in [0.05, 0.1) is 5.41 Å². The number of nitrogens with one attached hydrogen (secondary N) is 2. The van der Waals surface area contributed by atoms with Gasteiger partial charge in [-0.05, 0) is 42.7 Å². The summed E-state index contributed by atoms with van der Waals surface area (Å²) in [6.07, 6.45) is 3.47. The number of carbonyl (C=O) groups is 1. The van der Waals surface area contributed by atoms with Crippen molar-refractivity contribution in [3.8, 4) is 0 Å². The van der Waals surface area contributed by atoms with Crippen LogP contribution in [0.1, 0.15) is 55.5 Å². The Morgan fingerprint density at radius 1 is 1.16 bits per heavy atom. The summed E-state index contributed by atoms with van der Waals surface area (Å²) in [4.78, 5) is 13.3. The van der Waals surface area contributed by atoms with Gasteiger partial charge in [-0.25, -0.2) is 0 Å². The summed E-state index contributed by atoms with van der Waals surface area (Å²) in [5.41, 5.74) is 6.61. The zero-order chi connectivity index (χ0) is 17.4. The van der Waals surface area contributed by atoms with E-state index >= 15 is 0 Å². The van der Waals surface area contributed by atoms with E-state index in [1.807, 2.05) is 0 Å². The van der Waals surface area contributed by atoms with Crippen molar-refractivity contribution in [1.82, 2.24) is 10.2 Å². The van der Waals surface area contributed by atoms with Crippen molar-refractivity contribution in [2.45, 2.75) is 51.9 Å². The maximum absolute atomic E-state index is 13.3. The maximum Gasteiger partial charge on any atom is 0.162 e. The van der Waals surface area contributed by atoms with Gasteiger partial charge in [0.25, 0.3) is 0 Å². The molecule has 5 rings (SSSR count). The van der Waals surface area contributed by atoms with Gasteiger partial charge in [0, 0.05) is 28.9 Å². The first-order valence-electron chi connectivity index (χ1n) is 9.10. The molecule has 2 aliphatic carbocycles. The molecular formula is C21H23N3O. The summed E-state index contributed by atoms with van der Waals surface area (Å²) < 4.78 is 0. The van der Waals surface area contributed by atoms with Gasteiger partial charge in [-0.15, -0.1) is 0 Å². The monoisotopic (exact) mass is 333 g/mol. The number of rotatable bonds is 0. The van der Waals surface area contributed by atoms with E-state index in [1.165, 1.54) is 16.7 Å². The Labute approximate surface area is 147 Å². The van der Waals surface area contributed by atoms with Crippen LogP contribution in [0.2, 0.25) is 0 Å². The number of H-pyrrole nitrogens is 1. The molecule has 0 fully saturated rings. The number of allylic oxidation sites excluding steroid dienone is 2. The average Bonchev–Trinajstić information content (AvgIpc) is 3.09. The van der Waals surface area contributed by atoms with Crippen molar-refractivity contribution >= 4 is 11.6 Å². The third-order valence-corrected chi connectivity index (χ3v) is 6.19. The van der Waals surface area contributed by atoms with Gasteiger partial charge in [0.15, 0.2) is 11.6 Å². The molecule has 3 aliphatic rings. The molecule has 0 amide bonds. The summed E-state index contributed by atoms with van der Waals surface area (Å²) in [5.74, 6) is 1.19. The van der Waals surface area contributed by atoms with Gasteiger partial charge in [0.1, 0.15) is 0 Å². The van der Waals surface area contributed by atoms with E-state index in [2.05, 4.69) is 60.6 Å². The molecule has 1 atom stereocenters. The minimum absolute atomic E-state index is 0.00885. The van der Waals surface area contributed by atoms with Crippen LogP contribution in [0.15, 0.2) is 35.5 Å². The zero-order valence-electron chi connectivity index (χ0n) is 15.0. The predicted octanol–water partition coefficient (Wildman–Crippen LogP) is 4.02. The van der Waals surface area contributed by atoms with Crippen molar-refractivity contribution in [1.29, 1.82) is 0 Å². The van der Waals surface area contributed by atoms with E-state index in [0.717, 1.165) is 42.0 Å². The molecule has 0 saturated carbocycles. The molecule has 128 valence electrons. The predicted molar refractivity (Wildman–Crippen MR) is 97.5 cm³/mol.